The van der Waals surface area contributed by atoms with Crippen LogP contribution in [-0.4, -0.2) is 27.8 Å². The quantitative estimate of drug-likeness (QED) is 0.695. The number of aryl methyl sites for hydroxylation is 1. The van der Waals surface area contributed by atoms with E-state index in [1.54, 1.807) is 19.2 Å². The molecule has 3 rings (SSSR count). The first-order valence-electron chi connectivity index (χ1n) is 7.97. The first kappa shape index (κ1) is 17.4. The second-order valence-electron chi connectivity index (χ2n) is 5.76. The first-order chi connectivity index (χ1) is 12.5. The van der Waals surface area contributed by atoms with Crippen molar-refractivity contribution >= 4 is 22.8 Å². The van der Waals surface area contributed by atoms with Gasteiger partial charge in [-0.05, 0) is 26.0 Å². The van der Waals surface area contributed by atoms with Crippen molar-refractivity contribution in [2.45, 2.75) is 26.5 Å². The van der Waals surface area contributed by atoms with Crippen LogP contribution in [0.15, 0.2) is 41.1 Å². The minimum atomic E-state index is -0.798. The lowest BCUT2D eigenvalue weighted by Crippen LogP contribution is -2.42. The molecule has 0 saturated heterocycles. The Labute approximate surface area is 149 Å². The molecule has 8 nitrogen and oxygen atoms in total. The molecule has 0 aliphatic rings. The van der Waals surface area contributed by atoms with Crippen LogP contribution in [0.25, 0.3) is 11.0 Å². The van der Waals surface area contributed by atoms with Crippen LogP contribution in [0.3, 0.4) is 0 Å². The van der Waals surface area contributed by atoms with Crippen LogP contribution >= 0.6 is 0 Å². The van der Waals surface area contributed by atoms with Gasteiger partial charge in [0.25, 0.3) is 5.91 Å². The van der Waals surface area contributed by atoms with Gasteiger partial charge in [0.2, 0.25) is 11.8 Å². The fraction of sp³-hybridized carbons (Fsp3) is 0.222. The van der Waals surface area contributed by atoms with Gasteiger partial charge in [-0.15, -0.1) is 0 Å². The number of rotatable bonds is 6. The number of hydrogen-bond donors (Lipinski definition) is 2. The van der Waals surface area contributed by atoms with E-state index in [1.165, 1.54) is 13.1 Å². The lowest BCUT2D eigenvalue weighted by molar-refractivity contribution is -0.119. The maximum absolute atomic E-state index is 12.5. The Hall–Kier alpha value is -3.42. The van der Waals surface area contributed by atoms with E-state index in [1.807, 2.05) is 18.2 Å². The number of pyridine rings is 2. The lowest BCUT2D eigenvalue weighted by Gasteiger charge is -2.10. The second kappa shape index (κ2) is 7.22. The molecule has 0 fully saturated rings. The van der Waals surface area contributed by atoms with Crippen LogP contribution in [0.5, 0.6) is 5.88 Å². The molecule has 0 aliphatic heterocycles. The summed E-state index contributed by atoms with van der Waals surface area (Å²) in [6, 6.07) is 6.35. The number of fused-ring (bicyclic) bond motifs is 1. The zero-order valence-electron chi connectivity index (χ0n) is 14.4. The molecule has 0 spiro atoms. The number of ether oxygens (including phenoxy) is 1. The molecule has 0 radical (unpaired) electrons. The molecule has 3 aromatic heterocycles. The Kier molecular flexibility index (Phi) is 4.83. The molecule has 0 saturated carbocycles. The Morgan fingerprint density at radius 3 is 2.85 bits per heavy atom. The highest BCUT2D eigenvalue weighted by Gasteiger charge is 2.22. The van der Waals surface area contributed by atoms with Crippen LogP contribution < -0.4 is 15.8 Å². The smallest absolute Gasteiger partial charge is 0.256 e. The van der Waals surface area contributed by atoms with E-state index < -0.39 is 17.9 Å². The summed E-state index contributed by atoms with van der Waals surface area (Å²) in [6.07, 6.45) is 3.17. The number of nitrogens with one attached hydrogen (secondary N) is 1. The summed E-state index contributed by atoms with van der Waals surface area (Å²) in [5, 5.41) is 3.09. The molecule has 8 heteroatoms. The molecule has 26 heavy (non-hydrogen) atoms. The van der Waals surface area contributed by atoms with Gasteiger partial charge in [0.05, 0.1) is 17.5 Å². The summed E-state index contributed by atoms with van der Waals surface area (Å²) in [6.45, 7) is 3.43. The van der Waals surface area contributed by atoms with Crippen molar-refractivity contribution in [3.8, 4) is 5.88 Å². The van der Waals surface area contributed by atoms with E-state index in [9.17, 15) is 9.59 Å². The molecule has 0 aromatic carbocycles. The molecule has 0 aliphatic carbocycles. The summed E-state index contributed by atoms with van der Waals surface area (Å²) in [5.74, 6) is -0.321. The van der Waals surface area contributed by atoms with Gasteiger partial charge < -0.3 is 20.2 Å². The summed E-state index contributed by atoms with van der Waals surface area (Å²) in [4.78, 5) is 32.0. The minimum absolute atomic E-state index is 0.246. The van der Waals surface area contributed by atoms with Gasteiger partial charge in [-0.25, -0.2) is 4.98 Å². The van der Waals surface area contributed by atoms with E-state index in [4.69, 9.17) is 14.9 Å². The van der Waals surface area contributed by atoms with Crippen molar-refractivity contribution in [1.29, 1.82) is 0 Å². The van der Waals surface area contributed by atoms with Gasteiger partial charge in [-0.3, -0.25) is 14.6 Å². The number of carbonyl (C=O) groups excluding carboxylic acids is 2. The van der Waals surface area contributed by atoms with Crippen LogP contribution in [0.2, 0.25) is 0 Å². The topological polar surface area (TPSA) is 120 Å². The minimum Gasteiger partial charge on any atom is -0.471 e. The predicted octanol–water partition coefficient (Wildman–Crippen LogP) is 1.71. The molecule has 3 aromatic rings. The fourth-order valence-electron chi connectivity index (χ4n) is 2.44. The van der Waals surface area contributed by atoms with Crippen molar-refractivity contribution < 1.29 is 18.7 Å². The fourth-order valence-corrected chi connectivity index (χ4v) is 2.44. The molecule has 1 unspecified atom stereocenters. The Bertz CT molecular complexity index is 952. The van der Waals surface area contributed by atoms with Crippen LogP contribution in [0.4, 0.5) is 0 Å². The maximum Gasteiger partial charge on any atom is 0.256 e. The maximum atomic E-state index is 12.5. The van der Waals surface area contributed by atoms with E-state index in [2.05, 4.69) is 15.3 Å². The summed E-state index contributed by atoms with van der Waals surface area (Å²) in [5.41, 5.74) is 6.72. The SMILES string of the molecule is Cc1oc2cnc(OCc3ccccn3)cc2c1C(=O)NC(C)C(N)=O. The van der Waals surface area contributed by atoms with Gasteiger partial charge >= 0.3 is 0 Å². The second-order valence-corrected chi connectivity index (χ2v) is 5.76. The van der Waals surface area contributed by atoms with Crippen LogP contribution in [0, 0.1) is 6.92 Å². The zero-order chi connectivity index (χ0) is 18.7. The number of carbonyl (C=O) groups is 2. The highest BCUT2D eigenvalue weighted by molar-refractivity contribution is 6.08. The van der Waals surface area contributed by atoms with Gasteiger partial charge in [0, 0.05) is 17.6 Å². The van der Waals surface area contributed by atoms with Crippen LogP contribution in [-0.2, 0) is 11.4 Å². The largest absolute Gasteiger partial charge is 0.471 e. The molecule has 3 heterocycles. The molecular weight excluding hydrogens is 336 g/mol. The number of nitrogens with zero attached hydrogens (tertiary/aromatic N) is 2. The molecule has 3 N–H and O–H groups in total. The number of primary amides is 1. The van der Waals surface area contributed by atoms with Crippen LogP contribution in [0.1, 0.15) is 28.7 Å². The van der Waals surface area contributed by atoms with Gasteiger partial charge in [0.1, 0.15) is 18.4 Å². The standard InChI is InChI=1S/C18H18N4O4/c1-10(17(19)23)22-18(24)16-11(2)26-14-8-21-15(7-13(14)16)25-9-12-5-3-4-6-20-12/h3-8,10H,9H2,1-2H3,(H2,19,23)(H,22,24). The third-order valence-electron chi connectivity index (χ3n) is 3.82. The lowest BCUT2D eigenvalue weighted by atomic mass is 10.1. The van der Waals surface area contributed by atoms with E-state index >= 15 is 0 Å². The van der Waals surface area contributed by atoms with E-state index in [0.717, 1.165) is 5.69 Å². The number of nitrogens with two attached hydrogens (primary N) is 1. The highest BCUT2D eigenvalue weighted by Crippen LogP contribution is 2.27. The Morgan fingerprint density at radius 2 is 2.15 bits per heavy atom. The third kappa shape index (κ3) is 3.64. The number of amides is 2. The molecule has 2 amide bonds. The molecule has 1 atom stereocenters. The number of aromatic nitrogens is 2. The first-order valence-corrected chi connectivity index (χ1v) is 7.97. The van der Waals surface area contributed by atoms with Gasteiger partial charge in [-0.1, -0.05) is 6.07 Å². The summed E-state index contributed by atoms with van der Waals surface area (Å²) >= 11 is 0. The Balaban J connectivity index is 1.86. The van der Waals surface area contributed by atoms with E-state index in [0.29, 0.717) is 28.2 Å². The summed E-state index contributed by atoms with van der Waals surface area (Å²) in [7, 11) is 0. The van der Waals surface area contributed by atoms with Crippen molar-refractivity contribution in [3.63, 3.8) is 0 Å². The van der Waals surface area contributed by atoms with Crippen molar-refractivity contribution in [3.05, 3.63) is 53.7 Å². The van der Waals surface area contributed by atoms with Gasteiger partial charge in [0.15, 0.2) is 5.58 Å². The number of hydrogen-bond acceptors (Lipinski definition) is 6. The highest BCUT2D eigenvalue weighted by atomic mass is 16.5. The molecular formula is C18H18N4O4. The van der Waals surface area contributed by atoms with Crippen molar-refractivity contribution in [2.75, 3.05) is 0 Å². The molecule has 0 bridgehead atoms. The number of furan rings is 1. The van der Waals surface area contributed by atoms with Gasteiger partial charge in [-0.2, -0.15) is 0 Å². The summed E-state index contributed by atoms with van der Waals surface area (Å²) < 4.78 is 11.2. The Morgan fingerprint density at radius 1 is 1.35 bits per heavy atom. The zero-order valence-corrected chi connectivity index (χ0v) is 14.4. The van der Waals surface area contributed by atoms with E-state index in [-0.39, 0.29) is 6.61 Å². The predicted molar refractivity (Wildman–Crippen MR) is 93.4 cm³/mol. The van der Waals surface area contributed by atoms with Crippen molar-refractivity contribution in [2.24, 2.45) is 5.73 Å². The third-order valence-corrected chi connectivity index (χ3v) is 3.82. The average molecular weight is 354 g/mol. The van der Waals surface area contributed by atoms with Crippen molar-refractivity contribution in [1.82, 2.24) is 15.3 Å². The monoisotopic (exact) mass is 354 g/mol. The molecule has 134 valence electrons. The average Bonchev–Trinajstić information content (AvgIpc) is 2.95. The normalized spacial score (nSPS) is 11.9.